The van der Waals surface area contributed by atoms with Crippen LogP contribution in [-0.4, -0.2) is 31.4 Å². The standard InChI is InChI=1S/C7H12N2O2/c1-4-11-7(10)9(3)6-5-8-2/h5-6H,2,4H2,1,3H3/b6-5-. The molecule has 62 valence electrons. The molecule has 0 atom stereocenters. The maximum Gasteiger partial charge on any atom is 0.413 e. The SMILES string of the molecule is C=N/C=C\N(C)C(=O)OCC. The van der Waals surface area contributed by atoms with Gasteiger partial charge in [-0.15, -0.1) is 0 Å². The van der Waals surface area contributed by atoms with Gasteiger partial charge in [0.05, 0.1) is 6.61 Å². The van der Waals surface area contributed by atoms with E-state index in [1.54, 1.807) is 14.0 Å². The van der Waals surface area contributed by atoms with E-state index in [9.17, 15) is 4.79 Å². The third-order valence-electron chi connectivity index (χ3n) is 0.951. The van der Waals surface area contributed by atoms with Gasteiger partial charge in [-0.05, 0) is 13.6 Å². The van der Waals surface area contributed by atoms with E-state index < -0.39 is 6.09 Å². The molecule has 0 saturated heterocycles. The molecular weight excluding hydrogens is 144 g/mol. The molecule has 0 N–H and O–H groups in total. The fourth-order valence-corrected chi connectivity index (χ4v) is 0.433. The molecule has 0 spiro atoms. The maximum absolute atomic E-state index is 10.8. The van der Waals surface area contributed by atoms with Crippen molar-refractivity contribution in [1.82, 2.24) is 4.90 Å². The lowest BCUT2D eigenvalue weighted by atomic mass is 10.7. The van der Waals surface area contributed by atoms with Gasteiger partial charge < -0.3 is 4.74 Å². The number of amides is 1. The number of nitrogens with zero attached hydrogens (tertiary/aromatic N) is 2. The largest absolute Gasteiger partial charge is 0.449 e. The van der Waals surface area contributed by atoms with E-state index in [2.05, 4.69) is 16.4 Å². The van der Waals surface area contributed by atoms with Gasteiger partial charge in [-0.1, -0.05) is 0 Å². The average molecular weight is 156 g/mol. The summed E-state index contributed by atoms with van der Waals surface area (Å²) in [6.45, 7) is 5.35. The molecule has 0 aromatic rings. The summed E-state index contributed by atoms with van der Waals surface area (Å²) in [5, 5.41) is 0. The molecule has 0 aliphatic heterocycles. The van der Waals surface area contributed by atoms with Crippen LogP contribution in [-0.2, 0) is 4.74 Å². The minimum absolute atomic E-state index is 0.374. The van der Waals surface area contributed by atoms with Crippen molar-refractivity contribution >= 4 is 12.8 Å². The lowest BCUT2D eigenvalue weighted by Crippen LogP contribution is -2.21. The first-order chi connectivity index (χ1) is 5.22. The van der Waals surface area contributed by atoms with Gasteiger partial charge >= 0.3 is 6.09 Å². The summed E-state index contributed by atoms with van der Waals surface area (Å²) in [6, 6.07) is 0. The summed E-state index contributed by atoms with van der Waals surface area (Å²) in [6.07, 6.45) is 2.49. The van der Waals surface area contributed by atoms with E-state index in [1.165, 1.54) is 17.3 Å². The highest BCUT2D eigenvalue weighted by molar-refractivity contribution is 5.68. The highest BCUT2D eigenvalue weighted by Crippen LogP contribution is 1.90. The van der Waals surface area contributed by atoms with Crippen LogP contribution in [0.2, 0.25) is 0 Å². The second kappa shape index (κ2) is 5.46. The molecule has 0 aromatic carbocycles. The van der Waals surface area contributed by atoms with Crippen LogP contribution in [0.15, 0.2) is 17.4 Å². The predicted molar refractivity (Wildman–Crippen MR) is 43.5 cm³/mol. The number of hydrogen-bond donors (Lipinski definition) is 0. The van der Waals surface area contributed by atoms with Crippen LogP contribution >= 0.6 is 0 Å². The summed E-state index contributed by atoms with van der Waals surface area (Å²) in [5.41, 5.74) is 0. The zero-order chi connectivity index (χ0) is 8.69. The van der Waals surface area contributed by atoms with Crippen molar-refractivity contribution in [3.05, 3.63) is 12.4 Å². The third kappa shape index (κ3) is 4.13. The zero-order valence-electron chi connectivity index (χ0n) is 6.78. The van der Waals surface area contributed by atoms with Gasteiger partial charge in [0.1, 0.15) is 0 Å². The third-order valence-corrected chi connectivity index (χ3v) is 0.951. The highest BCUT2D eigenvalue weighted by Gasteiger charge is 2.03. The molecular formula is C7H12N2O2. The van der Waals surface area contributed by atoms with Crippen molar-refractivity contribution in [3.8, 4) is 0 Å². The van der Waals surface area contributed by atoms with E-state index in [0.29, 0.717) is 6.61 Å². The Morgan fingerprint density at radius 2 is 2.45 bits per heavy atom. The average Bonchev–Trinajstić information content (AvgIpc) is 2.00. The van der Waals surface area contributed by atoms with Crippen LogP contribution in [0, 0.1) is 0 Å². The predicted octanol–water partition coefficient (Wildman–Crippen LogP) is 1.25. The molecule has 0 aliphatic carbocycles. The summed E-state index contributed by atoms with van der Waals surface area (Å²) in [5.74, 6) is 0. The first-order valence-electron chi connectivity index (χ1n) is 3.24. The summed E-state index contributed by atoms with van der Waals surface area (Å²) >= 11 is 0. The van der Waals surface area contributed by atoms with Gasteiger partial charge in [-0.3, -0.25) is 9.89 Å². The van der Waals surface area contributed by atoms with Gasteiger partial charge in [0.15, 0.2) is 0 Å². The van der Waals surface area contributed by atoms with E-state index in [-0.39, 0.29) is 0 Å². The highest BCUT2D eigenvalue weighted by atomic mass is 16.5. The normalized spacial score (nSPS) is 9.64. The molecule has 4 nitrogen and oxygen atoms in total. The Labute approximate surface area is 66.2 Å². The molecule has 4 heteroatoms. The van der Waals surface area contributed by atoms with Crippen molar-refractivity contribution in [2.75, 3.05) is 13.7 Å². The first-order valence-corrected chi connectivity index (χ1v) is 3.24. The Hall–Kier alpha value is -1.32. The number of carbonyl (C=O) groups is 1. The minimum atomic E-state index is -0.396. The topological polar surface area (TPSA) is 41.9 Å². The molecule has 0 aromatic heterocycles. The number of hydrogen-bond acceptors (Lipinski definition) is 3. The Morgan fingerprint density at radius 1 is 1.82 bits per heavy atom. The summed E-state index contributed by atoms with van der Waals surface area (Å²) < 4.78 is 4.67. The lowest BCUT2D eigenvalue weighted by molar-refractivity contribution is 0.129. The van der Waals surface area contributed by atoms with Crippen LogP contribution < -0.4 is 0 Å². The second-order valence-electron chi connectivity index (χ2n) is 1.79. The molecule has 11 heavy (non-hydrogen) atoms. The molecule has 0 heterocycles. The fraction of sp³-hybridized carbons (Fsp3) is 0.429. The Balaban J connectivity index is 3.81. The molecule has 0 rings (SSSR count). The van der Waals surface area contributed by atoms with E-state index in [0.717, 1.165) is 0 Å². The van der Waals surface area contributed by atoms with Crippen LogP contribution in [0.3, 0.4) is 0 Å². The Kier molecular flexibility index (Phi) is 4.81. The first kappa shape index (κ1) is 9.68. The van der Waals surface area contributed by atoms with Crippen molar-refractivity contribution in [3.63, 3.8) is 0 Å². The molecule has 0 bridgehead atoms. The quantitative estimate of drug-likeness (QED) is 0.577. The van der Waals surface area contributed by atoms with Crippen molar-refractivity contribution in [1.29, 1.82) is 0 Å². The fourth-order valence-electron chi connectivity index (χ4n) is 0.433. The summed E-state index contributed by atoms with van der Waals surface area (Å²) in [4.78, 5) is 15.6. The van der Waals surface area contributed by atoms with Gasteiger partial charge in [0, 0.05) is 19.4 Å². The van der Waals surface area contributed by atoms with Gasteiger partial charge in [0.25, 0.3) is 0 Å². The molecule has 0 fully saturated rings. The molecule has 0 radical (unpaired) electrons. The number of rotatable bonds is 3. The van der Waals surface area contributed by atoms with Crippen LogP contribution in [0.25, 0.3) is 0 Å². The Morgan fingerprint density at radius 3 is 2.91 bits per heavy atom. The number of aliphatic imine (C=N–C) groups is 1. The molecule has 0 saturated carbocycles. The molecule has 0 unspecified atom stereocenters. The molecule has 0 aliphatic rings. The van der Waals surface area contributed by atoms with Crippen molar-refractivity contribution < 1.29 is 9.53 Å². The van der Waals surface area contributed by atoms with E-state index >= 15 is 0 Å². The Bertz CT molecular complexity index is 166. The van der Waals surface area contributed by atoms with Gasteiger partial charge in [-0.2, -0.15) is 0 Å². The molecule has 1 amide bonds. The maximum atomic E-state index is 10.8. The van der Waals surface area contributed by atoms with Crippen molar-refractivity contribution in [2.24, 2.45) is 4.99 Å². The zero-order valence-corrected chi connectivity index (χ0v) is 6.78. The lowest BCUT2D eigenvalue weighted by Gasteiger charge is -2.09. The number of carbonyl (C=O) groups excluding carboxylic acids is 1. The monoisotopic (exact) mass is 156 g/mol. The minimum Gasteiger partial charge on any atom is -0.449 e. The number of ether oxygens (including phenoxy) is 1. The summed E-state index contributed by atoms with van der Waals surface area (Å²) in [7, 11) is 1.58. The van der Waals surface area contributed by atoms with Gasteiger partial charge in [-0.25, -0.2) is 4.79 Å². The van der Waals surface area contributed by atoms with Crippen LogP contribution in [0.5, 0.6) is 0 Å². The van der Waals surface area contributed by atoms with Gasteiger partial charge in [0.2, 0.25) is 0 Å². The van der Waals surface area contributed by atoms with E-state index in [1.807, 2.05) is 0 Å². The van der Waals surface area contributed by atoms with Crippen molar-refractivity contribution in [2.45, 2.75) is 6.92 Å². The van der Waals surface area contributed by atoms with E-state index in [4.69, 9.17) is 0 Å². The van der Waals surface area contributed by atoms with Crippen LogP contribution in [0.4, 0.5) is 4.79 Å². The second-order valence-corrected chi connectivity index (χ2v) is 1.79. The van der Waals surface area contributed by atoms with Crippen LogP contribution in [0.1, 0.15) is 6.92 Å². The smallest absolute Gasteiger partial charge is 0.413 e.